The quantitative estimate of drug-likeness (QED) is 0.535. The van der Waals surface area contributed by atoms with E-state index in [0.29, 0.717) is 0 Å². The molecule has 86 valence electrons. The molecule has 0 N–H and O–H groups in total. The number of hydrogen-bond acceptors (Lipinski definition) is 0. The molecule has 0 bridgehead atoms. The van der Waals surface area contributed by atoms with Crippen molar-refractivity contribution in [1.82, 2.24) is 0 Å². The largest absolute Gasteiger partial charge is 0.0591 e. The minimum absolute atomic E-state index is 0.765. The highest BCUT2D eigenvalue weighted by Crippen LogP contribution is 2.58. The van der Waals surface area contributed by atoms with Gasteiger partial charge in [-0.15, -0.1) is 0 Å². The van der Waals surface area contributed by atoms with Crippen LogP contribution < -0.4 is 0 Å². The normalized spacial score (nSPS) is 50.6. The molecule has 3 saturated carbocycles. The number of fused-ring (bicyclic) bond motifs is 3. The van der Waals surface area contributed by atoms with Gasteiger partial charge in [-0.05, 0) is 55.3 Å². The highest BCUT2D eigenvalue weighted by molar-refractivity contribution is 4.98. The maximum atomic E-state index is 2.65. The van der Waals surface area contributed by atoms with Crippen LogP contribution in [0.1, 0.15) is 71.1 Å². The van der Waals surface area contributed by atoms with E-state index >= 15 is 0 Å². The summed E-state index contributed by atoms with van der Waals surface area (Å²) in [5.74, 6) is 3.34. The highest BCUT2D eigenvalue weighted by Gasteiger charge is 2.48. The van der Waals surface area contributed by atoms with Gasteiger partial charge in [-0.2, -0.15) is 0 Å². The molecular weight excluding hydrogens is 180 g/mol. The second-order valence-corrected chi connectivity index (χ2v) is 6.68. The summed E-state index contributed by atoms with van der Waals surface area (Å²) in [6.45, 7) is 2.65. The molecule has 15 heavy (non-hydrogen) atoms. The molecule has 3 fully saturated rings. The first-order valence-electron chi connectivity index (χ1n) is 7.31. The van der Waals surface area contributed by atoms with Crippen LogP contribution in [0.3, 0.4) is 0 Å². The highest BCUT2D eigenvalue weighted by atomic mass is 14.5. The van der Waals surface area contributed by atoms with Gasteiger partial charge in [-0.25, -0.2) is 0 Å². The lowest BCUT2D eigenvalue weighted by molar-refractivity contribution is -0.0533. The molecule has 0 aromatic heterocycles. The topological polar surface area (TPSA) is 0 Å². The van der Waals surface area contributed by atoms with Crippen LogP contribution in [0.15, 0.2) is 0 Å². The zero-order valence-corrected chi connectivity index (χ0v) is 10.3. The van der Waals surface area contributed by atoms with Crippen molar-refractivity contribution in [3.05, 3.63) is 0 Å². The van der Waals surface area contributed by atoms with E-state index in [0.717, 1.165) is 23.2 Å². The van der Waals surface area contributed by atoms with Gasteiger partial charge in [-0.1, -0.05) is 39.0 Å². The van der Waals surface area contributed by atoms with Gasteiger partial charge in [0.1, 0.15) is 0 Å². The van der Waals surface area contributed by atoms with Crippen LogP contribution in [0, 0.1) is 23.2 Å². The molecule has 0 amide bonds. The predicted molar refractivity (Wildman–Crippen MR) is 64.7 cm³/mol. The van der Waals surface area contributed by atoms with Gasteiger partial charge in [0.2, 0.25) is 0 Å². The van der Waals surface area contributed by atoms with Crippen LogP contribution >= 0.6 is 0 Å². The lowest BCUT2D eigenvalue weighted by Gasteiger charge is -2.55. The Bertz CT molecular complexity index is 232. The van der Waals surface area contributed by atoms with E-state index in [1.165, 1.54) is 25.7 Å². The summed E-state index contributed by atoms with van der Waals surface area (Å²) in [7, 11) is 0. The molecule has 0 aromatic rings. The van der Waals surface area contributed by atoms with Crippen molar-refractivity contribution < 1.29 is 0 Å². The van der Waals surface area contributed by atoms with Crippen molar-refractivity contribution in [3.8, 4) is 0 Å². The zero-order valence-electron chi connectivity index (χ0n) is 10.3. The predicted octanol–water partition coefficient (Wildman–Crippen LogP) is 4.78. The lowest BCUT2D eigenvalue weighted by Crippen LogP contribution is -2.46. The molecule has 4 unspecified atom stereocenters. The van der Waals surface area contributed by atoms with Crippen molar-refractivity contribution in [1.29, 1.82) is 0 Å². The van der Waals surface area contributed by atoms with E-state index in [9.17, 15) is 0 Å². The van der Waals surface area contributed by atoms with E-state index in [1.54, 1.807) is 38.5 Å². The summed E-state index contributed by atoms with van der Waals surface area (Å²) in [6, 6.07) is 0. The third-order valence-corrected chi connectivity index (χ3v) is 6.09. The Morgan fingerprint density at radius 2 is 1.60 bits per heavy atom. The Kier molecular flexibility index (Phi) is 2.57. The van der Waals surface area contributed by atoms with Gasteiger partial charge in [-0.3, -0.25) is 0 Å². The SMILES string of the molecule is CC12CCCCC1CCC1CCCCC12. The molecule has 0 spiro atoms. The number of rotatable bonds is 0. The molecule has 0 aromatic carbocycles. The Morgan fingerprint density at radius 1 is 0.800 bits per heavy atom. The van der Waals surface area contributed by atoms with Gasteiger partial charge >= 0.3 is 0 Å². The Labute approximate surface area is 94.8 Å². The minimum Gasteiger partial charge on any atom is -0.0591 e. The second-order valence-electron chi connectivity index (χ2n) is 6.68. The molecule has 0 radical (unpaired) electrons. The van der Waals surface area contributed by atoms with Crippen LogP contribution in [-0.2, 0) is 0 Å². The van der Waals surface area contributed by atoms with Crippen LogP contribution in [0.25, 0.3) is 0 Å². The smallest absolute Gasteiger partial charge is 0.0267 e. The van der Waals surface area contributed by atoms with Gasteiger partial charge in [0.05, 0.1) is 0 Å². The first kappa shape index (κ1) is 10.2. The fourth-order valence-electron chi connectivity index (χ4n) is 5.23. The fraction of sp³-hybridized carbons (Fsp3) is 1.00. The molecule has 0 saturated heterocycles. The standard InChI is InChI=1S/C15H26/c1-15-11-5-4-7-13(15)10-9-12-6-2-3-8-14(12)15/h12-14H,2-11H2,1H3. The number of hydrogen-bond donors (Lipinski definition) is 0. The van der Waals surface area contributed by atoms with Crippen LogP contribution in [0.4, 0.5) is 0 Å². The molecule has 0 heterocycles. The molecule has 0 aliphatic heterocycles. The first-order valence-corrected chi connectivity index (χ1v) is 7.31. The van der Waals surface area contributed by atoms with Crippen LogP contribution in [-0.4, -0.2) is 0 Å². The van der Waals surface area contributed by atoms with Gasteiger partial charge in [0, 0.05) is 0 Å². The third kappa shape index (κ3) is 1.56. The average molecular weight is 206 g/mol. The van der Waals surface area contributed by atoms with Crippen molar-refractivity contribution in [3.63, 3.8) is 0 Å². The lowest BCUT2D eigenvalue weighted by atomic mass is 9.50. The summed E-state index contributed by atoms with van der Waals surface area (Å²) >= 11 is 0. The van der Waals surface area contributed by atoms with Gasteiger partial charge in [0.25, 0.3) is 0 Å². The Balaban J connectivity index is 1.84. The van der Waals surface area contributed by atoms with E-state index in [4.69, 9.17) is 0 Å². The fourth-order valence-corrected chi connectivity index (χ4v) is 5.23. The molecule has 0 heteroatoms. The van der Waals surface area contributed by atoms with E-state index in [1.807, 2.05) is 0 Å². The van der Waals surface area contributed by atoms with E-state index in [-0.39, 0.29) is 0 Å². The molecule has 3 rings (SSSR count). The summed E-state index contributed by atoms with van der Waals surface area (Å²) in [4.78, 5) is 0. The minimum atomic E-state index is 0.765. The van der Waals surface area contributed by atoms with Crippen LogP contribution in [0.5, 0.6) is 0 Å². The summed E-state index contributed by atoms with van der Waals surface area (Å²) in [5.41, 5.74) is 0.765. The average Bonchev–Trinajstić information content (AvgIpc) is 2.29. The van der Waals surface area contributed by atoms with Crippen molar-refractivity contribution in [2.24, 2.45) is 23.2 Å². The Hall–Kier alpha value is 0. The van der Waals surface area contributed by atoms with Gasteiger partial charge < -0.3 is 0 Å². The maximum absolute atomic E-state index is 2.65. The van der Waals surface area contributed by atoms with E-state index in [2.05, 4.69) is 6.92 Å². The van der Waals surface area contributed by atoms with Crippen molar-refractivity contribution in [2.45, 2.75) is 71.1 Å². The van der Waals surface area contributed by atoms with Crippen molar-refractivity contribution in [2.75, 3.05) is 0 Å². The summed E-state index contributed by atoms with van der Waals surface area (Å²) < 4.78 is 0. The molecule has 3 aliphatic rings. The monoisotopic (exact) mass is 206 g/mol. The first-order chi connectivity index (χ1) is 7.31. The van der Waals surface area contributed by atoms with Crippen molar-refractivity contribution >= 4 is 0 Å². The molecular formula is C15H26. The third-order valence-electron chi connectivity index (χ3n) is 6.09. The van der Waals surface area contributed by atoms with Gasteiger partial charge in [0.15, 0.2) is 0 Å². The molecule has 4 atom stereocenters. The second kappa shape index (κ2) is 3.79. The zero-order chi connectivity index (χ0) is 10.3. The van der Waals surface area contributed by atoms with E-state index < -0.39 is 0 Å². The maximum Gasteiger partial charge on any atom is -0.0267 e. The Morgan fingerprint density at radius 3 is 2.53 bits per heavy atom. The summed E-state index contributed by atoms with van der Waals surface area (Å²) in [6.07, 6.45) is 15.5. The summed E-state index contributed by atoms with van der Waals surface area (Å²) in [5, 5.41) is 0. The molecule has 0 nitrogen and oxygen atoms in total. The molecule has 3 aliphatic carbocycles. The van der Waals surface area contributed by atoms with Crippen LogP contribution in [0.2, 0.25) is 0 Å².